The molecule has 38 heavy (non-hydrogen) atoms. The molecule has 0 bridgehead atoms. The van der Waals surface area contributed by atoms with Gasteiger partial charge in [-0.2, -0.15) is 4.31 Å². The number of likely N-dealkylation sites (N-methyl/N-ethyl adjacent to an activating group) is 1. The van der Waals surface area contributed by atoms with Crippen LogP contribution >= 0.6 is 0 Å². The van der Waals surface area contributed by atoms with E-state index < -0.39 is 22.2 Å². The Balaban J connectivity index is 1.77. The third-order valence-electron chi connectivity index (χ3n) is 6.91. The van der Waals surface area contributed by atoms with E-state index in [0.29, 0.717) is 11.3 Å². The van der Waals surface area contributed by atoms with Crippen LogP contribution in [0, 0.1) is 5.92 Å². The number of hydrogen-bond donors (Lipinski definition) is 1. The van der Waals surface area contributed by atoms with Crippen molar-refractivity contribution in [2.24, 2.45) is 5.92 Å². The molecule has 3 aromatic carbocycles. The predicted molar refractivity (Wildman–Crippen MR) is 146 cm³/mol. The van der Waals surface area contributed by atoms with Crippen LogP contribution in [0.15, 0.2) is 77.7 Å². The summed E-state index contributed by atoms with van der Waals surface area (Å²) in [5.41, 5.74) is 2.09. The molecule has 1 aliphatic rings. The lowest BCUT2D eigenvalue weighted by molar-refractivity contribution is 0.0564. The van der Waals surface area contributed by atoms with Gasteiger partial charge in [0.25, 0.3) is 5.91 Å². The second kappa shape index (κ2) is 11.6. The van der Waals surface area contributed by atoms with Crippen LogP contribution in [0.2, 0.25) is 0 Å². The van der Waals surface area contributed by atoms with Crippen molar-refractivity contribution >= 4 is 15.9 Å². The number of fused-ring (bicyclic) bond motifs is 1. The summed E-state index contributed by atoms with van der Waals surface area (Å²) in [6.45, 7) is 3.63. The Labute approximate surface area is 224 Å². The molecule has 1 aliphatic heterocycles. The summed E-state index contributed by atoms with van der Waals surface area (Å²) >= 11 is 0. The molecule has 0 spiro atoms. The van der Waals surface area contributed by atoms with Gasteiger partial charge in [0.15, 0.2) is 0 Å². The molecule has 0 radical (unpaired) electrons. The normalized spacial score (nSPS) is 19.8. The molecule has 0 fully saturated rings. The van der Waals surface area contributed by atoms with Crippen LogP contribution in [-0.2, 0) is 10.0 Å². The number of benzene rings is 3. The minimum atomic E-state index is -3.98. The first-order chi connectivity index (χ1) is 18.2. The van der Waals surface area contributed by atoms with Crippen molar-refractivity contribution in [2.75, 3.05) is 33.9 Å². The molecule has 0 aliphatic carbocycles. The van der Waals surface area contributed by atoms with E-state index in [2.05, 4.69) is 0 Å². The molecule has 8 nitrogen and oxygen atoms in total. The van der Waals surface area contributed by atoms with Gasteiger partial charge in [0, 0.05) is 36.7 Å². The van der Waals surface area contributed by atoms with Crippen LogP contribution in [0.25, 0.3) is 11.1 Å². The first-order valence-electron chi connectivity index (χ1n) is 12.5. The quantitative estimate of drug-likeness (QED) is 0.490. The number of para-hydroxylation sites is 1. The number of aliphatic hydroxyl groups excluding tert-OH is 1. The lowest BCUT2D eigenvalue weighted by Gasteiger charge is -2.37. The molecule has 0 aromatic heterocycles. The number of amides is 1. The van der Waals surface area contributed by atoms with Crippen molar-refractivity contribution in [3.63, 3.8) is 0 Å². The van der Waals surface area contributed by atoms with E-state index in [4.69, 9.17) is 9.47 Å². The highest BCUT2D eigenvalue weighted by Crippen LogP contribution is 2.38. The Morgan fingerprint density at radius 3 is 2.50 bits per heavy atom. The van der Waals surface area contributed by atoms with Gasteiger partial charge in [-0.3, -0.25) is 4.79 Å². The van der Waals surface area contributed by atoms with Crippen molar-refractivity contribution in [3.8, 4) is 22.6 Å². The van der Waals surface area contributed by atoms with Crippen molar-refractivity contribution in [3.05, 3.63) is 78.4 Å². The topological polar surface area (TPSA) is 96.4 Å². The number of aliphatic hydroxyl groups is 1. The van der Waals surface area contributed by atoms with E-state index in [1.54, 1.807) is 50.2 Å². The summed E-state index contributed by atoms with van der Waals surface area (Å²) in [6, 6.07) is 20.8. The van der Waals surface area contributed by atoms with Gasteiger partial charge in [0.1, 0.15) is 22.5 Å². The van der Waals surface area contributed by atoms with Crippen LogP contribution < -0.4 is 9.47 Å². The molecule has 3 aromatic rings. The first kappa shape index (κ1) is 27.6. The van der Waals surface area contributed by atoms with E-state index in [0.717, 1.165) is 11.1 Å². The smallest absolute Gasteiger partial charge is 0.253 e. The maximum Gasteiger partial charge on any atom is 0.253 e. The lowest BCUT2D eigenvalue weighted by Crippen LogP contribution is -2.50. The maximum absolute atomic E-state index is 13.8. The van der Waals surface area contributed by atoms with Crippen LogP contribution in [0.4, 0.5) is 0 Å². The van der Waals surface area contributed by atoms with Crippen molar-refractivity contribution < 1.29 is 27.8 Å². The maximum atomic E-state index is 13.8. The monoisotopic (exact) mass is 538 g/mol. The highest BCUT2D eigenvalue weighted by atomic mass is 32.2. The Morgan fingerprint density at radius 1 is 1.13 bits per heavy atom. The van der Waals surface area contributed by atoms with Crippen LogP contribution in [0.3, 0.4) is 0 Å². The van der Waals surface area contributed by atoms with E-state index in [1.807, 2.05) is 49.4 Å². The molecular formula is C29H34N2O6S. The Hall–Kier alpha value is -3.40. The van der Waals surface area contributed by atoms with Gasteiger partial charge >= 0.3 is 0 Å². The molecule has 0 saturated carbocycles. The van der Waals surface area contributed by atoms with Crippen LogP contribution in [0.5, 0.6) is 11.5 Å². The third kappa shape index (κ3) is 5.55. The predicted octanol–water partition coefficient (Wildman–Crippen LogP) is 3.90. The fourth-order valence-corrected chi connectivity index (χ4v) is 6.47. The number of carbonyl (C=O) groups is 1. The second-order valence-corrected chi connectivity index (χ2v) is 11.5. The van der Waals surface area contributed by atoms with Crippen LogP contribution in [-0.4, -0.2) is 74.6 Å². The van der Waals surface area contributed by atoms with Gasteiger partial charge in [-0.1, -0.05) is 49.4 Å². The highest BCUT2D eigenvalue weighted by molar-refractivity contribution is 7.89. The third-order valence-corrected chi connectivity index (χ3v) is 8.93. The fraction of sp³-hybridized carbons (Fsp3) is 0.345. The Bertz CT molecular complexity index is 1380. The standard InChI is InChI=1S/C29H34N2O6S/c1-20-17-31(21(2)19-32)38(34,35)28-15-14-23(24-12-8-9-13-25(24)36-4)16-26(28)37-27(20)18-30(3)29(33)22-10-6-5-7-11-22/h5-16,20-21,27,32H,17-19H2,1-4H3/t20-,21+,27+/m0/s1. The van der Waals surface area contributed by atoms with Gasteiger partial charge in [0.05, 0.1) is 20.3 Å². The number of nitrogens with zero attached hydrogens (tertiary/aromatic N) is 2. The summed E-state index contributed by atoms with van der Waals surface area (Å²) < 4.78 is 40.8. The zero-order valence-corrected chi connectivity index (χ0v) is 22.9. The minimum Gasteiger partial charge on any atom is -0.496 e. The zero-order valence-electron chi connectivity index (χ0n) is 22.1. The fourth-order valence-electron chi connectivity index (χ4n) is 4.65. The number of hydrogen-bond acceptors (Lipinski definition) is 6. The molecule has 0 saturated heterocycles. The summed E-state index contributed by atoms with van der Waals surface area (Å²) in [6.07, 6.45) is -0.511. The number of methoxy groups -OCH3 is 1. The average molecular weight is 539 g/mol. The van der Waals surface area contributed by atoms with E-state index >= 15 is 0 Å². The number of rotatable bonds is 7. The summed E-state index contributed by atoms with van der Waals surface area (Å²) in [5, 5.41) is 9.87. The summed E-state index contributed by atoms with van der Waals surface area (Å²) in [4.78, 5) is 14.7. The molecule has 1 amide bonds. The summed E-state index contributed by atoms with van der Waals surface area (Å²) in [7, 11) is -0.684. The molecule has 1 heterocycles. The van der Waals surface area contributed by atoms with Gasteiger partial charge in [-0.25, -0.2) is 8.42 Å². The van der Waals surface area contributed by atoms with Gasteiger partial charge < -0.3 is 19.5 Å². The molecule has 1 N–H and O–H groups in total. The second-order valence-electron chi connectivity index (χ2n) is 9.65. The molecule has 3 atom stereocenters. The number of sulfonamides is 1. The molecule has 0 unspecified atom stereocenters. The number of ether oxygens (including phenoxy) is 2. The number of carbonyl (C=O) groups excluding carboxylic acids is 1. The first-order valence-corrected chi connectivity index (χ1v) is 14.0. The SMILES string of the molecule is COc1ccccc1-c1ccc2c(c1)O[C@H](CN(C)C(=O)c1ccccc1)[C@@H](C)CN([C@H](C)CO)S2(=O)=O. The molecule has 9 heteroatoms. The van der Waals surface area contributed by atoms with Gasteiger partial charge in [0.2, 0.25) is 10.0 Å². The van der Waals surface area contributed by atoms with Crippen molar-refractivity contribution in [1.82, 2.24) is 9.21 Å². The van der Waals surface area contributed by atoms with Crippen molar-refractivity contribution in [1.29, 1.82) is 0 Å². The zero-order chi connectivity index (χ0) is 27.4. The van der Waals surface area contributed by atoms with E-state index in [9.17, 15) is 18.3 Å². The molecule has 4 rings (SSSR count). The van der Waals surface area contributed by atoms with Crippen molar-refractivity contribution in [2.45, 2.75) is 30.9 Å². The largest absolute Gasteiger partial charge is 0.496 e. The Kier molecular flexibility index (Phi) is 8.40. The molecule has 202 valence electrons. The van der Waals surface area contributed by atoms with E-state index in [1.165, 1.54) is 10.4 Å². The lowest BCUT2D eigenvalue weighted by atomic mass is 10.0. The average Bonchev–Trinajstić information content (AvgIpc) is 2.94. The minimum absolute atomic E-state index is 0.0189. The van der Waals surface area contributed by atoms with Gasteiger partial charge in [-0.15, -0.1) is 0 Å². The van der Waals surface area contributed by atoms with E-state index in [-0.39, 0.29) is 42.2 Å². The molecular weight excluding hydrogens is 504 g/mol. The van der Waals surface area contributed by atoms with Crippen LogP contribution in [0.1, 0.15) is 24.2 Å². The highest BCUT2D eigenvalue weighted by Gasteiger charge is 2.38. The van der Waals surface area contributed by atoms with Gasteiger partial charge in [-0.05, 0) is 42.8 Å². The Morgan fingerprint density at radius 2 is 1.82 bits per heavy atom. The summed E-state index contributed by atoms with van der Waals surface area (Å²) in [5.74, 6) is 0.406.